The molecule has 1 aromatic heterocycles. The van der Waals surface area contributed by atoms with Gasteiger partial charge in [-0.1, -0.05) is 22.0 Å². The first-order chi connectivity index (χ1) is 16.4. The molecule has 11 heteroatoms. The zero-order valence-corrected chi connectivity index (χ0v) is 21.0. The quantitative estimate of drug-likeness (QED) is 0.613. The number of hydrogen-bond acceptors (Lipinski definition) is 7. The van der Waals surface area contributed by atoms with E-state index in [1.807, 2.05) is 24.3 Å². The molecular formula is C23H26BrN5O4S. The Labute approximate surface area is 207 Å². The van der Waals surface area contributed by atoms with Crippen LogP contribution in [0.3, 0.4) is 0 Å². The molecule has 2 fully saturated rings. The summed E-state index contributed by atoms with van der Waals surface area (Å²) in [4.78, 5) is 19.4. The molecule has 1 amide bonds. The number of aromatic nitrogens is 1. The fourth-order valence-corrected chi connectivity index (χ4v) is 6.22. The van der Waals surface area contributed by atoms with Crippen LogP contribution in [-0.4, -0.2) is 74.0 Å². The van der Waals surface area contributed by atoms with Crippen molar-refractivity contribution in [2.75, 3.05) is 44.2 Å². The van der Waals surface area contributed by atoms with Crippen molar-refractivity contribution >= 4 is 43.6 Å². The minimum atomic E-state index is -3.79. The number of carbonyl (C=O) groups is 1. The Morgan fingerprint density at radius 1 is 1.06 bits per heavy atom. The van der Waals surface area contributed by atoms with Gasteiger partial charge < -0.3 is 9.64 Å². The van der Waals surface area contributed by atoms with Gasteiger partial charge in [-0.2, -0.15) is 4.31 Å². The Kier molecular flexibility index (Phi) is 6.61. The van der Waals surface area contributed by atoms with Crippen LogP contribution in [0.4, 0.5) is 5.69 Å². The third-order valence-electron chi connectivity index (χ3n) is 6.38. The summed E-state index contributed by atoms with van der Waals surface area (Å²) >= 11 is 3.39. The van der Waals surface area contributed by atoms with Crippen LogP contribution in [0.25, 0.3) is 6.08 Å². The van der Waals surface area contributed by atoms with E-state index in [-0.39, 0.29) is 36.6 Å². The first-order valence-electron chi connectivity index (χ1n) is 11.2. The lowest BCUT2D eigenvalue weighted by molar-refractivity contribution is -0.138. The van der Waals surface area contributed by atoms with Crippen molar-refractivity contribution in [2.45, 2.75) is 18.9 Å². The normalized spacial score (nSPS) is 20.0. The zero-order valence-electron chi connectivity index (χ0n) is 18.6. The van der Waals surface area contributed by atoms with Gasteiger partial charge in [0.2, 0.25) is 10.0 Å². The number of piperidine rings is 1. The molecule has 0 saturated carbocycles. The van der Waals surface area contributed by atoms with Gasteiger partial charge in [0, 0.05) is 53.8 Å². The van der Waals surface area contributed by atoms with Crippen LogP contribution in [0.5, 0.6) is 5.75 Å². The van der Waals surface area contributed by atoms with Crippen LogP contribution in [0.1, 0.15) is 18.4 Å². The molecule has 3 aliphatic heterocycles. The number of anilines is 1. The Hall–Kier alpha value is -2.47. The minimum Gasteiger partial charge on any atom is -0.487 e. The number of halogens is 1. The van der Waals surface area contributed by atoms with Gasteiger partial charge in [-0.3, -0.25) is 14.8 Å². The molecule has 3 aliphatic rings. The molecule has 1 N–H and O–H groups in total. The fourth-order valence-electron chi connectivity index (χ4n) is 4.47. The number of nitrogens with zero attached hydrogens (tertiary/aromatic N) is 4. The summed E-state index contributed by atoms with van der Waals surface area (Å²) in [5.41, 5.74) is 5.19. The van der Waals surface area contributed by atoms with E-state index < -0.39 is 10.0 Å². The average molecular weight is 548 g/mol. The summed E-state index contributed by atoms with van der Waals surface area (Å²) in [6.07, 6.45) is 7.01. The second-order valence-electron chi connectivity index (χ2n) is 8.56. The molecule has 0 radical (unpaired) electrons. The van der Waals surface area contributed by atoms with Crippen molar-refractivity contribution in [3.8, 4) is 5.75 Å². The van der Waals surface area contributed by atoms with E-state index >= 15 is 0 Å². The van der Waals surface area contributed by atoms with Gasteiger partial charge in [0.05, 0.1) is 18.0 Å². The average Bonchev–Trinajstić information content (AvgIpc) is 2.86. The summed E-state index contributed by atoms with van der Waals surface area (Å²) in [5.74, 6) is 0.390. The van der Waals surface area contributed by atoms with Crippen LogP contribution < -0.4 is 15.1 Å². The number of hydrogen-bond donors (Lipinski definition) is 1. The predicted octanol–water partition coefficient (Wildman–Crippen LogP) is 2.22. The van der Waals surface area contributed by atoms with Crippen LogP contribution in [0, 0.1) is 0 Å². The number of benzene rings is 1. The lowest BCUT2D eigenvalue weighted by Crippen LogP contribution is -2.60. The smallest absolute Gasteiger partial charge is 0.252 e. The van der Waals surface area contributed by atoms with Gasteiger partial charge in [0.15, 0.2) is 0 Å². The van der Waals surface area contributed by atoms with E-state index in [1.165, 1.54) is 4.31 Å². The van der Waals surface area contributed by atoms with Crippen LogP contribution in [0.2, 0.25) is 0 Å². The molecule has 5 rings (SSSR count). The van der Waals surface area contributed by atoms with Crippen molar-refractivity contribution in [3.63, 3.8) is 0 Å². The van der Waals surface area contributed by atoms with Gasteiger partial charge in [-0.25, -0.2) is 13.8 Å². The number of rotatable bonds is 5. The van der Waals surface area contributed by atoms with E-state index in [2.05, 4.69) is 31.2 Å². The summed E-state index contributed by atoms with van der Waals surface area (Å²) in [5, 5.41) is 1.58. The Morgan fingerprint density at radius 2 is 1.82 bits per heavy atom. The Morgan fingerprint density at radius 3 is 2.56 bits per heavy atom. The molecule has 2 aromatic rings. The molecule has 2 saturated heterocycles. The molecule has 1 aromatic carbocycles. The number of nitrogens with one attached hydrogen (secondary N) is 1. The highest BCUT2D eigenvalue weighted by molar-refractivity contribution is 9.10. The summed E-state index contributed by atoms with van der Waals surface area (Å²) in [6, 6.07) is 9.63. The molecule has 34 heavy (non-hydrogen) atoms. The van der Waals surface area contributed by atoms with E-state index in [0.717, 1.165) is 36.1 Å². The van der Waals surface area contributed by atoms with E-state index in [0.29, 0.717) is 17.9 Å². The minimum absolute atomic E-state index is 0.0471. The highest BCUT2D eigenvalue weighted by atomic mass is 79.9. The number of carbonyl (C=O) groups excluding carboxylic acids is 1. The monoisotopic (exact) mass is 547 g/mol. The summed E-state index contributed by atoms with van der Waals surface area (Å²) in [7, 11) is -3.79. The molecule has 0 spiro atoms. The van der Waals surface area contributed by atoms with Crippen molar-refractivity contribution in [2.24, 2.45) is 0 Å². The molecule has 4 heterocycles. The van der Waals surface area contributed by atoms with E-state index in [4.69, 9.17) is 4.74 Å². The zero-order chi connectivity index (χ0) is 23.7. The van der Waals surface area contributed by atoms with Crippen molar-refractivity contribution in [1.29, 1.82) is 0 Å². The summed E-state index contributed by atoms with van der Waals surface area (Å²) < 4.78 is 34.2. The van der Waals surface area contributed by atoms with Gasteiger partial charge in [0.1, 0.15) is 12.4 Å². The van der Waals surface area contributed by atoms with E-state index in [9.17, 15) is 13.2 Å². The van der Waals surface area contributed by atoms with Crippen LogP contribution >= 0.6 is 15.9 Å². The molecule has 180 valence electrons. The fraction of sp³-hybridized carbons (Fsp3) is 0.391. The number of sulfonamides is 1. The van der Waals surface area contributed by atoms with E-state index in [1.54, 1.807) is 29.5 Å². The first-order valence-corrected chi connectivity index (χ1v) is 13.5. The van der Waals surface area contributed by atoms with Gasteiger partial charge in [0.25, 0.3) is 5.91 Å². The lowest BCUT2D eigenvalue weighted by Gasteiger charge is -2.39. The molecule has 0 aliphatic carbocycles. The number of amides is 1. The van der Waals surface area contributed by atoms with Gasteiger partial charge in [-0.15, -0.1) is 0 Å². The Balaban J connectivity index is 1.17. The predicted molar refractivity (Wildman–Crippen MR) is 132 cm³/mol. The molecule has 9 nitrogen and oxygen atoms in total. The topological polar surface area (TPSA) is 95.1 Å². The van der Waals surface area contributed by atoms with Crippen molar-refractivity contribution < 1.29 is 17.9 Å². The number of hydrazine groups is 1. The molecule has 0 bridgehead atoms. The number of piperazine rings is 1. The Bertz CT molecular complexity index is 1200. The molecule has 0 unspecified atom stereocenters. The first kappa shape index (κ1) is 23.3. The van der Waals surface area contributed by atoms with Crippen molar-refractivity contribution in [3.05, 3.63) is 57.7 Å². The van der Waals surface area contributed by atoms with Crippen LogP contribution in [-0.2, 0) is 14.8 Å². The third kappa shape index (κ3) is 4.83. The van der Waals surface area contributed by atoms with Crippen LogP contribution in [0.15, 0.2) is 52.1 Å². The second-order valence-corrected chi connectivity index (χ2v) is 11.5. The number of ether oxygens (including phenoxy) is 1. The highest BCUT2D eigenvalue weighted by Crippen LogP contribution is 2.32. The number of pyridine rings is 1. The molecular weight excluding hydrogens is 522 g/mol. The third-order valence-corrected chi connectivity index (χ3v) is 8.76. The maximum atomic E-state index is 13.2. The SMILES string of the molecule is O=C1CN(S(=O)(=O)C2=Cc3ccc(Br)cc3OC2)CCN1NC1CCN(c2ccncc2)CC1. The highest BCUT2D eigenvalue weighted by Gasteiger charge is 2.36. The summed E-state index contributed by atoms with van der Waals surface area (Å²) in [6.45, 7) is 2.08. The van der Waals surface area contributed by atoms with Crippen molar-refractivity contribution in [1.82, 2.24) is 19.7 Å². The molecule has 0 atom stereocenters. The van der Waals surface area contributed by atoms with Gasteiger partial charge >= 0.3 is 0 Å². The number of fused-ring (bicyclic) bond motifs is 1. The standard InChI is InChI=1S/C23H26BrN5O4S/c24-18-2-1-17-13-21(16-33-22(17)14-18)34(31,32)28-11-12-29(23(30)15-28)26-19-5-9-27(10-6-19)20-3-7-25-8-4-20/h1-4,7-8,13-14,19,26H,5-6,9-12,15-16H2. The lowest BCUT2D eigenvalue weighted by atomic mass is 10.1. The largest absolute Gasteiger partial charge is 0.487 e. The van der Waals surface area contributed by atoms with Gasteiger partial charge in [-0.05, 0) is 43.2 Å². The maximum Gasteiger partial charge on any atom is 0.252 e. The maximum absolute atomic E-state index is 13.2. The second kappa shape index (κ2) is 9.65.